The van der Waals surface area contributed by atoms with Crippen LogP contribution in [0, 0.1) is 0 Å². The quantitative estimate of drug-likeness (QED) is 0.629. The van der Waals surface area contributed by atoms with Gasteiger partial charge in [0, 0.05) is 0 Å². The van der Waals surface area contributed by atoms with Crippen molar-refractivity contribution in [3.05, 3.63) is 29.6 Å². The third-order valence-electron chi connectivity index (χ3n) is 1.45. The monoisotopic (exact) mass is 182 g/mol. The lowest BCUT2D eigenvalue weighted by atomic mass is 10.3. The normalized spacial score (nSPS) is 9.62. The molecular formula is C8H10N2O3. The van der Waals surface area contributed by atoms with E-state index in [9.17, 15) is 4.79 Å². The Labute approximate surface area is 75.0 Å². The number of aromatic nitrogens is 1. The predicted molar refractivity (Wildman–Crippen MR) is 45.0 cm³/mol. The van der Waals surface area contributed by atoms with Crippen LogP contribution in [0.2, 0.25) is 0 Å². The largest absolute Gasteiger partial charge is 0.465 e. The van der Waals surface area contributed by atoms with Crippen molar-refractivity contribution >= 4 is 6.09 Å². The molecule has 0 aliphatic heterocycles. The van der Waals surface area contributed by atoms with Gasteiger partial charge in [0.05, 0.1) is 24.5 Å². The van der Waals surface area contributed by atoms with Crippen LogP contribution in [0.3, 0.4) is 0 Å². The zero-order valence-corrected chi connectivity index (χ0v) is 6.90. The second-order valence-corrected chi connectivity index (χ2v) is 2.44. The lowest BCUT2D eigenvalue weighted by Crippen LogP contribution is -2.20. The average Bonchev–Trinajstić information content (AvgIpc) is 2.15. The van der Waals surface area contributed by atoms with Crippen LogP contribution in [0.25, 0.3) is 0 Å². The molecule has 0 spiro atoms. The van der Waals surface area contributed by atoms with E-state index in [0.29, 0.717) is 11.4 Å². The first-order valence-corrected chi connectivity index (χ1v) is 3.75. The van der Waals surface area contributed by atoms with Crippen LogP contribution in [0.1, 0.15) is 11.4 Å². The van der Waals surface area contributed by atoms with E-state index in [1.54, 1.807) is 18.2 Å². The summed E-state index contributed by atoms with van der Waals surface area (Å²) in [5.74, 6) is 0. The first-order chi connectivity index (χ1) is 6.22. The van der Waals surface area contributed by atoms with E-state index >= 15 is 0 Å². The highest BCUT2D eigenvalue weighted by Gasteiger charge is 1.98. The lowest BCUT2D eigenvalue weighted by Gasteiger charge is -2.01. The average molecular weight is 182 g/mol. The summed E-state index contributed by atoms with van der Waals surface area (Å²) in [6.07, 6.45) is -1.09. The number of nitrogens with one attached hydrogen (secondary N) is 1. The van der Waals surface area contributed by atoms with E-state index in [4.69, 9.17) is 10.2 Å². The first kappa shape index (κ1) is 9.47. The van der Waals surface area contributed by atoms with Gasteiger partial charge < -0.3 is 15.5 Å². The lowest BCUT2D eigenvalue weighted by molar-refractivity contribution is 0.194. The van der Waals surface area contributed by atoms with Gasteiger partial charge in [-0.05, 0) is 12.1 Å². The number of aliphatic hydroxyl groups excluding tert-OH is 1. The summed E-state index contributed by atoms with van der Waals surface area (Å²) in [6.45, 7) is 0.0179. The van der Waals surface area contributed by atoms with E-state index < -0.39 is 6.09 Å². The van der Waals surface area contributed by atoms with Gasteiger partial charge in [0.1, 0.15) is 0 Å². The molecule has 1 heterocycles. The molecule has 1 rings (SSSR count). The molecule has 5 heteroatoms. The van der Waals surface area contributed by atoms with Crippen LogP contribution >= 0.6 is 0 Å². The molecule has 0 saturated heterocycles. The van der Waals surface area contributed by atoms with E-state index in [2.05, 4.69) is 10.3 Å². The van der Waals surface area contributed by atoms with Gasteiger partial charge in [-0.25, -0.2) is 4.79 Å². The number of pyridine rings is 1. The minimum Gasteiger partial charge on any atom is -0.465 e. The number of hydrogen-bond donors (Lipinski definition) is 3. The summed E-state index contributed by atoms with van der Waals surface area (Å²) in [5.41, 5.74) is 1.12. The van der Waals surface area contributed by atoms with Crippen LogP contribution < -0.4 is 5.32 Å². The fraction of sp³-hybridized carbons (Fsp3) is 0.250. The fourth-order valence-electron chi connectivity index (χ4n) is 0.882. The minimum atomic E-state index is -1.09. The smallest absolute Gasteiger partial charge is 0.404 e. The SMILES string of the molecule is O=C(O)NCc1cccc(CO)n1. The summed E-state index contributed by atoms with van der Waals surface area (Å²) >= 11 is 0. The van der Waals surface area contributed by atoms with Crippen molar-refractivity contribution in [3.8, 4) is 0 Å². The van der Waals surface area contributed by atoms with Crippen molar-refractivity contribution in [2.24, 2.45) is 0 Å². The molecule has 13 heavy (non-hydrogen) atoms. The Kier molecular flexibility index (Phi) is 3.22. The number of hydrogen-bond acceptors (Lipinski definition) is 3. The Morgan fingerprint density at radius 3 is 2.77 bits per heavy atom. The maximum Gasteiger partial charge on any atom is 0.404 e. The third kappa shape index (κ3) is 3.08. The number of rotatable bonds is 3. The highest BCUT2D eigenvalue weighted by molar-refractivity contribution is 5.64. The molecule has 0 aliphatic carbocycles. The summed E-state index contributed by atoms with van der Waals surface area (Å²) < 4.78 is 0. The Morgan fingerprint density at radius 2 is 2.15 bits per heavy atom. The molecule has 1 aromatic rings. The first-order valence-electron chi connectivity index (χ1n) is 3.75. The van der Waals surface area contributed by atoms with Crippen molar-refractivity contribution < 1.29 is 15.0 Å². The molecule has 0 radical (unpaired) electrons. The molecule has 70 valence electrons. The summed E-state index contributed by atoms with van der Waals surface area (Å²) in [6, 6.07) is 5.08. The van der Waals surface area contributed by atoms with Crippen molar-refractivity contribution in [1.29, 1.82) is 0 Å². The number of carbonyl (C=O) groups is 1. The summed E-state index contributed by atoms with van der Waals surface area (Å²) in [4.78, 5) is 14.1. The number of amides is 1. The maximum atomic E-state index is 10.1. The van der Waals surface area contributed by atoms with Gasteiger partial charge in [-0.15, -0.1) is 0 Å². The van der Waals surface area contributed by atoms with Gasteiger partial charge in [-0.2, -0.15) is 0 Å². The standard InChI is InChI=1S/C8H10N2O3/c11-5-7-3-1-2-6(10-7)4-9-8(12)13/h1-3,9,11H,4-5H2,(H,12,13). The van der Waals surface area contributed by atoms with Crippen LogP contribution in [-0.4, -0.2) is 21.3 Å². The molecule has 1 amide bonds. The van der Waals surface area contributed by atoms with Gasteiger partial charge in [0.2, 0.25) is 0 Å². The van der Waals surface area contributed by atoms with E-state index in [0.717, 1.165) is 0 Å². The minimum absolute atomic E-state index is 0.138. The summed E-state index contributed by atoms with van der Waals surface area (Å²) in [7, 11) is 0. The molecule has 0 saturated carbocycles. The zero-order chi connectivity index (χ0) is 9.68. The van der Waals surface area contributed by atoms with Crippen molar-refractivity contribution in [2.75, 3.05) is 0 Å². The van der Waals surface area contributed by atoms with Crippen LogP contribution in [0.15, 0.2) is 18.2 Å². The number of nitrogens with zero attached hydrogens (tertiary/aromatic N) is 1. The van der Waals surface area contributed by atoms with Gasteiger partial charge in [0.25, 0.3) is 0 Å². The molecule has 0 aliphatic rings. The Morgan fingerprint density at radius 1 is 1.46 bits per heavy atom. The van der Waals surface area contributed by atoms with Gasteiger partial charge in [-0.3, -0.25) is 4.98 Å². The van der Waals surface area contributed by atoms with E-state index in [-0.39, 0.29) is 13.2 Å². The molecule has 0 bridgehead atoms. The molecule has 0 atom stereocenters. The van der Waals surface area contributed by atoms with E-state index in [1.165, 1.54) is 0 Å². The van der Waals surface area contributed by atoms with Gasteiger partial charge in [-0.1, -0.05) is 6.07 Å². The second-order valence-electron chi connectivity index (χ2n) is 2.44. The van der Waals surface area contributed by atoms with Crippen molar-refractivity contribution in [2.45, 2.75) is 13.2 Å². The third-order valence-corrected chi connectivity index (χ3v) is 1.45. The molecule has 0 aromatic carbocycles. The topological polar surface area (TPSA) is 82.5 Å². The van der Waals surface area contributed by atoms with Crippen LogP contribution in [0.4, 0.5) is 4.79 Å². The maximum absolute atomic E-state index is 10.1. The van der Waals surface area contributed by atoms with Gasteiger partial charge >= 0.3 is 6.09 Å². The predicted octanol–water partition coefficient (Wildman–Crippen LogP) is 0.341. The Bertz CT molecular complexity index is 301. The summed E-state index contributed by atoms with van der Waals surface area (Å²) in [5, 5.41) is 19.2. The zero-order valence-electron chi connectivity index (χ0n) is 6.90. The molecule has 1 aromatic heterocycles. The Balaban J connectivity index is 2.61. The van der Waals surface area contributed by atoms with E-state index in [1.807, 2.05) is 0 Å². The Hall–Kier alpha value is -1.62. The number of aliphatic hydroxyl groups is 1. The molecule has 0 fully saturated rings. The highest BCUT2D eigenvalue weighted by Crippen LogP contribution is 1.98. The van der Waals surface area contributed by atoms with Crippen LogP contribution in [-0.2, 0) is 13.2 Å². The molecule has 3 N–H and O–H groups in total. The van der Waals surface area contributed by atoms with Crippen molar-refractivity contribution in [1.82, 2.24) is 10.3 Å². The van der Waals surface area contributed by atoms with Crippen molar-refractivity contribution in [3.63, 3.8) is 0 Å². The van der Waals surface area contributed by atoms with Crippen LogP contribution in [0.5, 0.6) is 0 Å². The number of carboxylic acid groups (broad SMARTS) is 1. The molecule has 0 unspecified atom stereocenters. The fourth-order valence-corrected chi connectivity index (χ4v) is 0.882. The van der Waals surface area contributed by atoms with Gasteiger partial charge in [0.15, 0.2) is 0 Å². The highest BCUT2D eigenvalue weighted by atomic mass is 16.4. The second kappa shape index (κ2) is 4.42. The molecule has 5 nitrogen and oxygen atoms in total. The molecular weight excluding hydrogens is 172 g/mol.